The molecule has 0 aliphatic carbocycles. The monoisotopic (exact) mass is 366 g/mol. The van der Waals surface area contributed by atoms with Crippen molar-refractivity contribution in [2.45, 2.75) is 26.8 Å². The molecule has 0 aliphatic rings. The minimum atomic E-state index is -0.0826. The molecular weight excluding hydrogens is 348 g/mol. The van der Waals surface area contributed by atoms with Crippen LogP contribution < -0.4 is 10.2 Å². The third-order valence-corrected chi connectivity index (χ3v) is 5.08. The van der Waals surface area contributed by atoms with E-state index in [1.807, 2.05) is 35.7 Å². The molecule has 0 saturated heterocycles. The molecule has 0 atom stereocenters. The fraction of sp³-hybridized carbons (Fsp3) is 0.312. The van der Waals surface area contributed by atoms with Gasteiger partial charge in [-0.2, -0.15) is 0 Å². The largest absolute Gasteiger partial charge is 0.369 e. The van der Waals surface area contributed by atoms with Crippen molar-refractivity contribution < 1.29 is 4.79 Å². The van der Waals surface area contributed by atoms with Crippen LogP contribution in [0, 0.1) is 0 Å². The van der Waals surface area contributed by atoms with E-state index < -0.39 is 0 Å². The Morgan fingerprint density at radius 1 is 1.29 bits per heavy atom. The molecule has 1 N–H and O–H groups in total. The molecule has 112 valence electrons. The van der Waals surface area contributed by atoms with Gasteiger partial charge in [0.25, 0.3) is 5.91 Å². The standard InChI is InChI=1S/C16H19BrN2OS/c1-4-19(11(2)3)13-7-5-12(6-8-13)18-16(20)15-14(17)9-10-21-15/h5-11H,4H2,1-3H3,(H,18,20). The van der Waals surface area contributed by atoms with E-state index in [1.54, 1.807) is 0 Å². The van der Waals surface area contributed by atoms with Crippen molar-refractivity contribution in [1.29, 1.82) is 0 Å². The first kappa shape index (κ1) is 16.0. The van der Waals surface area contributed by atoms with Gasteiger partial charge in [-0.15, -0.1) is 11.3 Å². The number of amides is 1. The number of hydrogen-bond acceptors (Lipinski definition) is 3. The van der Waals surface area contributed by atoms with E-state index in [4.69, 9.17) is 0 Å². The molecule has 21 heavy (non-hydrogen) atoms. The Kier molecular flexibility index (Phi) is 5.42. The molecule has 5 heteroatoms. The lowest BCUT2D eigenvalue weighted by Gasteiger charge is -2.27. The lowest BCUT2D eigenvalue weighted by atomic mass is 10.2. The Labute approximate surface area is 138 Å². The summed E-state index contributed by atoms with van der Waals surface area (Å²) < 4.78 is 0.832. The molecule has 2 aromatic rings. The van der Waals surface area contributed by atoms with Crippen LogP contribution in [-0.4, -0.2) is 18.5 Å². The van der Waals surface area contributed by atoms with Gasteiger partial charge in [-0.1, -0.05) is 0 Å². The molecule has 0 unspecified atom stereocenters. The summed E-state index contributed by atoms with van der Waals surface area (Å²) in [6.45, 7) is 7.45. The van der Waals surface area contributed by atoms with Crippen molar-refractivity contribution in [2.24, 2.45) is 0 Å². The highest BCUT2D eigenvalue weighted by molar-refractivity contribution is 9.10. The highest BCUT2D eigenvalue weighted by Crippen LogP contribution is 2.25. The lowest BCUT2D eigenvalue weighted by molar-refractivity contribution is 0.103. The molecule has 1 heterocycles. The predicted molar refractivity (Wildman–Crippen MR) is 94.6 cm³/mol. The van der Waals surface area contributed by atoms with E-state index >= 15 is 0 Å². The first-order chi connectivity index (χ1) is 10.0. The summed E-state index contributed by atoms with van der Waals surface area (Å²) in [5, 5.41) is 4.81. The van der Waals surface area contributed by atoms with E-state index in [0.717, 1.165) is 16.7 Å². The predicted octanol–water partition coefficient (Wildman–Crippen LogP) is 5.00. The van der Waals surface area contributed by atoms with Gasteiger partial charge in [-0.3, -0.25) is 4.79 Å². The maximum Gasteiger partial charge on any atom is 0.266 e. The fourth-order valence-corrected chi connectivity index (χ4v) is 3.67. The van der Waals surface area contributed by atoms with E-state index in [0.29, 0.717) is 10.9 Å². The maximum atomic E-state index is 12.1. The van der Waals surface area contributed by atoms with Crippen molar-refractivity contribution in [3.8, 4) is 0 Å². The Hall–Kier alpha value is -1.33. The Bertz CT molecular complexity index is 607. The van der Waals surface area contributed by atoms with Gasteiger partial charge in [0.15, 0.2) is 0 Å². The smallest absolute Gasteiger partial charge is 0.266 e. The van der Waals surface area contributed by atoms with Gasteiger partial charge in [0.05, 0.1) is 0 Å². The molecule has 0 saturated carbocycles. The van der Waals surface area contributed by atoms with Crippen LogP contribution in [0.5, 0.6) is 0 Å². The Morgan fingerprint density at radius 3 is 2.43 bits per heavy atom. The van der Waals surface area contributed by atoms with Crippen LogP contribution in [0.3, 0.4) is 0 Å². The summed E-state index contributed by atoms with van der Waals surface area (Å²) in [5.41, 5.74) is 1.98. The fourth-order valence-electron chi connectivity index (χ4n) is 2.23. The van der Waals surface area contributed by atoms with E-state index in [2.05, 4.69) is 46.9 Å². The number of carbonyl (C=O) groups excluding carboxylic acids is 1. The normalized spacial score (nSPS) is 10.7. The molecule has 2 rings (SSSR count). The second-order valence-corrected chi connectivity index (χ2v) is 6.75. The third kappa shape index (κ3) is 3.86. The molecule has 0 fully saturated rings. The summed E-state index contributed by atoms with van der Waals surface area (Å²) in [4.78, 5) is 15.1. The number of benzene rings is 1. The average molecular weight is 367 g/mol. The number of hydrogen-bond donors (Lipinski definition) is 1. The van der Waals surface area contributed by atoms with Crippen molar-refractivity contribution >= 4 is 44.5 Å². The van der Waals surface area contributed by atoms with Gasteiger partial charge in [-0.05, 0) is 72.4 Å². The van der Waals surface area contributed by atoms with Crippen molar-refractivity contribution in [1.82, 2.24) is 0 Å². The van der Waals surface area contributed by atoms with Crippen LogP contribution in [0.4, 0.5) is 11.4 Å². The SMILES string of the molecule is CCN(c1ccc(NC(=O)c2sccc2Br)cc1)C(C)C. The second-order valence-electron chi connectivity index (χ2n) is 4.98. The van der Waals surface area contributed by atoms with Gasteiger partial charge in [-0.25, -0.2) is 0 Å². The number of carbonyl (C=O) groups is 1. The van der Waals surface area contributed by atoms with Crippen LogP contribution >= 0.6 is 27.3 Å². The van der Waals surface area contributed by atoms with Gasteiger partial charge < -0.3 is 10.2 Å². The molecule has 1 aromatic carbocycles. The third-order valence-electron chi connectivity index (χ3n) is 3.24. The zero-order chi connectivity index (χ0) is 15.4. The quantitative estimate of drug-likeness (QED) is 0.807. The molecule has 1 amide bonds. The number of nitrogens with one attached hydrogen (secondary N) is 1. The Morgan fingerprint density at radius 2 is 1.95 bits per heavy atom. The summed E-state index contributed by atoms with van der Waals surface area (Å²) in [5.74, 6) is -0.0826. The minimum Gasteiger partial charge on any atom is -0.369 e. The average Bonchev–Trinajstić information content (AvgIpc) is 2.87. The maximum absolute atomic E-state index is 12.1. The van der Waals surface area contributed by atoms with Gasteiger partial charge in [0, 0.05) is 28.4 Å². The van der Waals surface area contributed by atoms with E-state index in [-0.39, 0.29) is 5.91 Å². The van der Waals surface area contributed by atoms with Crippen LogP contribution in [0.15, 0.2) is 40.2 Å². The lowest BCUT2D eigenvalue weighted by Crippen LogP contribution is -2.30. The van der Waals surface area contributed by atoms with E-state index in [1.165, 1.54) is 17.0 Å². The van der Waals surface area contributed by atoms with Crippen LogP contribution in [0.1, 0.15) is 30.4 Å². The number of nitrogens with zero attached hydrogens (tertiary/aromatic N) is 1. The minimum absolute atomic E-state index is 0.0826. The molecule has 3 nitrogen and oxygen atoms in total. The van der Waals surface area contributed by atoms with E-state index in [9.17, 15) is 4.79 Å². The summed E-state index contributed by atoms with van der Waals surface area (Å²) >= 11 is 4.80. The van der Waals surface area contributed by atoms with Gasteiger partial charge >= 0.3 is 0 Å². The first-order valence-electron chi connectivity index (χ1n) is 6.94. The number of rotatable bonds is 5. The summed E-state index contributed by atoms with van der Waals surface area (Å²) in [6, 6.07) is 10.3. The summed E-state index contributed by atoms with van der Waals surface area (Å²) in [6.07, 6.45) is 0. The highest BCUT2D eigenvalue weighted by atomic mass is 79.9. The molecule has 1 aromatic heterocycles. The molecular formula is C16H19BrN2OS. The topological polar surface area (TPSA) is 32.3 Å². The summed E-state index contributed by atoms with van der Waals surface area (Å²) in [7, 11) is 0. The first-order valence-corrected chi connectivity index (χ1v) is 8.61. The van der Waals surface area contributed by atoms with Crippen molar-refractivity contribution in [3.05, 3.63) is 45.1 Å². The van der Waals surface area contributed by atoms with Crippen molar-refractivity contribution in [3.63, 3.8) is 0 Å². The number of thiophene rings is 1. The number of anilines is 2. The molecule has 0 spiro atoms. The van der Waals surface area contributed by atoms with Gasteiger partial charge in [0.1, 0.15) is 4.88 Å². The van der Waals surface area contributed by atoms with Crippen molar-refractivity contribution in [2.75, 3.05) is 16.8 Å². The molecule has 0 bridgehead atoms. The molecule has 0 radical (unpaired) electrons. The second kappa shape index (κ2) is 7.09. The number of halogens is 1. The highest BCUT2D eigenvalue weighted by Gasteiger charge is 2.12. The van der Waals surface area contributed by atoms with Crippen LogP contribution in [0.25, 0.3) is 0 Å². The van der Waals surface area contributed by atoms with Crippen LogP contribution in [-0.2, 0) is 0 Å². The Balaban J connectivity index is 2.09. The van der Waals surface area contributed by atoms with Crippen LogP contribution in [0.2, 0.25) is 0 Å². The zero-order valence-electron chi connectivity index (χ0n) is 12.4. The van der Waals surface area contributed by atoms with Gasteiger partial charge in [0.2, 0.25) is 0 Å². The zero-order valence-corrected chi connectivity index (χ0v) is 14.8. The molecule has 0 aliphatic heterocycles.